The molecule has 0 fully saturated rings. The highest BCUT2D eigenvalue weighted by atomic mass is 16.6. The van der Waals surface area contributed by atoms with Crippen LogP contribution in [0.25, 0.3) is 0 Å². The van der Waals surface area contributed by atoms with Crippen LogP contribution in [-0.4, -0.2) is 24.1 Å². The first kappa shape index (κ1) is 12.0. The Morgan fingerprint density at radius 1 is 1.38 bits per heavy atom. The van der Waals surface area contributed by atoms with Gasteiger partial charge in [0.25, 0.3) is 0 Å². The van der Waals surface area contributed by atoms with Gasteiger partial charge in [-0.25, -0.2) is 4.79 Å². The summed E-state index contributed by atoms with van der Waals surface area (Å²) in [6, 6.07) is 9.18. The maximum Gasteiger partial charge on any atom is 0.407 e. The molecule has 0 radical (unpaired) electrons. The van der Waals surface area contributed by atoms with E-state index in [1.165, 1.54) is 0 Å². The van der Waals surface area contributed by atoms with Gasteiger partial charge in [0, 0.05) is 4.92 Å². The van der Waals surface area contributed by atoms with Crippen molar-refractivity contribution in [2.45, 2.75) is 6.61 Å². The van der Waals surface area contributed by atoms with Crippen molar-refractivity contribution in [1.82, 2.24) is 5.32 Å². The van der Waals surface area contributed by atoms with Crippen molar-refractivity contribution in [2.24, 2.45) is 0 Å². The topological polar surface area (TPSA) is 81.5 Å². The van der Waals surface area contributed by atoms with Crippen molar-refractivity contribution in [3.63, 3.8) is 0 Å². The van der Waals surface area contributed by atoms with E-state index >= 15 is 0 Å². The fourth-order valence-corrected chi connectivity index (χ4v) is 1.02. The van der Waals surface area contributed by atoms with Gasteiger partial charge in [-0.3, -0.25) is 10.1 Å². The Labute approximate surface area is 92.4 Å². The Balaban J connectivity index is 2.18. The average molecular weight is 224 g/mol. The Morgan fingerprint density at radius 3 is 2.69 bits per heavy atom. The van der Waals surface area contributed by atoms with Gasteiger partial charge in [-0.05, 0) is 5.56 Å². The van der Waals surface area contributed by atoms with Gasteiger partial charge < -0.3 is 10.1 Å². The first-order chi connectivity index (χ1) is 7.68. The molecule has 0 bridgehead atoms. The molecule has 0 aliphatic heterocycles. The van der Waals surface area contributed by atoms with Gasteiger partial charge in [0.15, 0.2) is 0 Å². The lowest BCUT2D eigenvalue weighted by Gasteiger charge is -2.04. The van der Waals surface area contributed by atoms with Gasteiger partial charge in [-0.2, -0.15) is 0 Å². The number of nitrogens with one attached hydrogen (secondary N) is 1. The molecule has 1 amide bonds. The molecule has 0 aliphatic rings. The number of carbonyl (C=O) groups excluding carboxylic acids is 1. The molecule has 6 nitrogen and oxygen atoms in total. The number of ether oxygens (including phenoxy) is 1. The SMILES string of the molecule is O=C(NCC[N+](=O)[O-])OCc1ccccc1. The summed E-state index contributed by atoms with van der Waals surface area (Å²) in [4.78, 5) is 20.5. The number of carbonyl (C=O) groups is 1. The predicted molar refractivity (Wildman–Crippen MR) is 56.5 cm³/mol. The van der Waals surface area contributed by atoms with Gasteiger partial charge in [-0.1, -0.05) is 30.3 Å². The lowest BCUT2D eigenvalue weighted by Crippen LogP contribution is -2.29. The molecule has 1 rings (SSSR count). The van der Waals surface area contributed by atoms with E-state index in [0.29, 0.717) is 0 Å². The highest BCUT2D eigenvalue weighted by Crippen LogP contribution is 2.00. The number of rotatable bonds is 5. The van der Waals surface area contributed by atoms with Crippen molar-refractivity contribution in [1.29, 1.82) is 0 Å². The molecule has 0 saturated carbocycles. The summed E-state index contributed by atoms with van der Waals surface area (Å²) in [5, 5.41) is 12.3. The van der Waals surface area contributed by atoms with Crippen LogP contribution in [0, 0.1) is 10.1 Å². The number of amides is 1. The molecule has 1 aromatic carbocycles. The summed E-state index contributed by atoms with van der Waals surface area (Å²) in [6.07, 6.45) is -0.647. The third-order valence-electron chi connectivity index (χ3n) is 1.78. The molecule has 1 aromatic rings. The third-order valence-corrected chi connectivity index (χ3v) is 1.78. The molecule has 6 heteroatoms. The maximum atomic E-state index is 11.0. The summed E-state index contributed by atoms with van der Waals surface area (Å²) in [5.41, 5.74) is 0.868. The van der Waals surface area contributed by atoms with E-state index in [0.717, 1.165) is 5.56 Å². The minimum Gasteiger partial charge on any atom is -0.445 e. The molecule has 0 aliphatic carbocycles. The molecule has 1 N–H and O–H groups in total. The second-order valence-electron chi connectivity index (χ2n) is 3.04. The summed E-state index contributed by atoms with van der Waals surface area (Å²) >= 11 is 0. The van der Waals surface area contributed by atoms with Gasteiger partial charge in [-0.15, -0.1) is 0 Å². The molecule has 0 saturated heterocycles. The summed E-state index contributed by atoms with van der Waals surface area (Å²) in [5.74, 6) is 0. The van der Waals surface area contributed by atoms with E-state index in [2.05, 4.69) is 5.32 Å². The second kappa shape index (κ2) is 6.39. The molecule has 0 unspecified atom stereocenters. The minimum absolute atomic E-state index is 0.0272. The van der Waals surface area contributed by atoms with Crippen molar-refractivity contribution < 1.29 is 14.5 Å². The molecule has 0 atom stereocenters. The number of hydrogen-bond donors (Lipinski definition) is 1. The Hall–Kier alpha value is -2.11. The van der Waals surface area contributed by atoms with E-state index in [1.807, 2.05) is 30.3 Å². The molecule has 0 aromatic heterocycles. The van der Waals surface area contributed by atoms with Crippen LogP contribution in [0.4, 0.5) is 4.79 Å². The molecule has 16 heavy (non-hydrogen) atoms. The normalized spacial score (nSPS) is 9.50. The molecular formula is C10H12N2O4. The number of nitro groups is 1. The van der Waals surface area contributed by atoms with E-state index in [4.69, 9.17) is 4.74 Å². The van der Waals surface area contributed by atoms with Crippen molar-refractivity contribution in [2.75, 3.05) is 13.1 Å². The second-order valence-corrected chi connectivity index (χ2v) is 3.04. The molecule has 86 valence electrons. The van der Waals surface area contributed by atoms with Crippen LogP contribution in [0.3, 0.4) is 0 Å². The smallest absolute Gasteiger partial charge is 0.407 e. The van der Waals surface area contributed by atoms with Crippen LogP contribution in [0.15, 0.2) is 30.3 Å². The first-order valence-corrected chi connectivity index (χ1v) is 4.75. The summed E-state index contributed by atoms with van der Waals surface area (Å²) < 4.78 is 4.84. The molecular weight excluding hydrogens is 212 g/mol. The quantitative estimate of drug-likeness (QED) is 0.601. The number of nitrogens with zero attached hydrogens (tertiary/aromatic N) is 1. The van der Waals surface area contributed by atoms with Gasteiger partial charge in [0.1, 0.15) is 6.61 Å². The zero-order valence-electron chi connectivity index (χ0n) is 8.59. The molecule has 0 spiro atoms. The van der Waals surface area contributed by atoms with Crippen LogP contribution < -0.4 is 5.32 Å². The van der Waals surface area contributed by atoms with Crippen LogP contribution in [0.2, 0.25) is 0 Å². The fraction of sp³-hybridized carbons (Fsp3) is 0.300. The number of hydrogen-bond acceptors (Lipinski definition) is 4. The third kappa shape index (κ3) is 4.94. The monoisotopic (exact) mass is 224 g/mol. The Morgan fingerprint density at radius 2 is 2.06 bits per heavy atom. The first-order valence-electron chi connectivity index (χ1n) is 4.75. The van der Waals surface area contributed by atoms with E-state index in [1.54, 1.807) is 0 Å². The summed E-state index contributed by atoms with van der Waals surface area (Å²) in [6.45, 7) is -0.174. The fourth-order valence-electron chi connectivity index (χ4n) is 1.02. The Kier molecular flexibility index (Phi) is 4.78. The van der Waals surface area contributed by atoms with E-state index in [-0.39, 0.29) is 19.7 Å². The summed E-state index contributed by atoms with van der Waals surface area (Å²) in [7, 11) is 0. The average Bonchev–Trinajstić information content (AvgIpc) is 2.27. The van der Waals surface area contributed by atoms with Crippen LogP contribution in [0.5, 0.6) is 0 Å². The zero-order valence-corrected chi connectivity index (χ0v) is 8.59. The minimum atomic E-state index is -0.647. The van der Waals surface area contributed by atoms with Crippen molar-refractivity contribution in [3.8, 4) is 0 Å². The maximum absolute atomic E-state index is 11.0. The van der Waals surface area contributed by atoms with Gasteiger partial charge in [0.05, 0.1) is 6.54 Å². The van der Waals surface area contributed by atoms with Crippen molar-refractivity contribution >= 4 is 6.09 Å². The number of alkyl carbamates (subject to hydrolysis) is 1. The lowest BCUT2D eigenvalue weighted by atomic mass is 10.2. The van der Waals surface area contributed by atoms with Crippen molar-refractivity contribution in [3.05, 3.63) is 46.0 Å². The lowest BCUT2D eigenvalue weighted by molar-refractivity contribution is -0.477. The van der Waals surface area contributed by atoms with Crippen LogP contribution in [-0.2, 0) is 11.3 Å². The predicted octanol–water partition coefficient (Wildman–Crippen LogP) is 1.19. The standard InChI is InChI=1S/C10H12N2O4/c13-10(11-6-7-12(14)15)16-8-9-4-2-1-3-5-9/h1-5H,6-8H2,(H,11,13). The highest BCUT2D eigenvalue weighted by molar-refractivity contribution is 5.67. The highest BCUT2D eigenvalue weighted by Gasteiger charge is 2.03. The van der Waals surface area contributed by atoms with E-state index in [9.17, 15) is 14.9 Å². The van der Waals surface area contributed by atoms with Gasteiger partial charge >= 0.3 is 6.09 Å². The Bertz CT molecular complexity index is 353. The van der Waals surface area contributed by atoms with Crippen LogP contribution >= 0.6 is 0 Å². The number of benzene rings is 1. The largest absolute Gasteiger partial charge is 0.445 e. The van der Waals surface area contributed by atoms with Crippen LogP contribution in [0.1, 0.15) is 5.56 Å². The molecule has 0 heterocycles. The zero-order chi connectivity index (χ0) is 11.8. The van der Waals surface area contributed by atoms with Gasteiger partial charge in [0.2, 0.25) is 6.54 Å². The van der Waals surface area contributed by atoms with E-state index < -0.39 is 11.0 Å².